The van der Waals surface area contributed by atoms with Gasteiger partial charge in [0.2, 0.25) is 5.91 Å². The first-order chi connectivity index (χ1) is 15.3. The number of carboxylic acid groups (broad SMARTS) is 1. The lowest BCUT2D eigenvalue weighted by Gasteiger charge is -2.49. The highest BCUT2D eigenvalue weighted by Crippen LogP contribution is 2.46. The molecule has 2 aromatic rings. The third kappa shape index (κ3) is 4.59. The molecule has 0 radical (unpaired) electrons. The lowest BCUT2D eigenvalue weighted by Crippen LogP contribution is -2.70. The van der Waals surface area contributed by atoms with Crippen LogP contribution in [0.25, 0.3) is 0 Å². The Labute approximate surface area is 194 Å². The van der Waals surface area contributed by atoms with Crippen molar-refractivity contribution in [2.24, 2.45) is 5.73 Å². The molecule has 166 valence electrons. The highest BCUT2D eigenvalue weighted by Gasteiger charge is 2.54. The minimum Gasteiger partial charge on any atom is -0.477 e. The van der Waals surface area contributed by atoms with E-state index in [9.17, 15) is 24.3 Å². The van der Waals surface area contributed by atoms with Gasteiger partial charge in [0.25, 0.3) is 5.91 Å². The maximum Gasteiger partial charge on any atom is 0.353 e. The molecule has 0 aliphatic carbocycles. The minimum atomic E-state index is -1.23. The van der Waals surface area contributed by atoms with Crippen molar-refractivity contribution >= 4 is 63.7 Å². The second-order valence-corrected chi connectivity index (χ2v) is 10.3. The van der Waals surface area contributed by atoms with Crippen LogP contribution >= 0.6 is 34.9 Å². The summed E-state index contributed by atoms with van der Waals surface area (Å²) in [6.45, 7) is 0. The number of thioether (sulfide) groups is 2. The number of thiazole rings is 1. The molecule has 4 amide bonds. The molecule has 0 bridgehead atoms. The van der Waals surface area contributed by atoms with Gasteiger partial charge in [0.15, 0.2) is 4.34 Å². The van der Waals surface area contributed by atoms with Crippen LogP contribution in [0.1, 0.15) is 5.56 Å². The van der Waals surface area contributed by atoms with Crippen molar-refractivity contribution in [1.29, 1.82) is 0 Å². The number of rotatable bonds is 7. The molecule has 3 heterocycles. The van der Waals surface area contributed by atoms with Gasteiger partial charge in [0.05, 0.1) is 12.6 Å². The van der Waals surface area contributed by atoms with Crippen LogP contribution in [0.5, 0.6) is 0 Å². The normalized spacial score (nSPS) is 19.8. The first-order valence-electron chi connectivity index (χ1n) is 9.28. The number of aliphatic carboxylic acids is 1. The van der Waals surface area contributed by atoms with E-state index in [0.717, 1.165) is 28.7 Å². The molecule has 0 saturated carbocycles. The predicted octanol–water partition coefficient (Wildman–Crippen LogP) is 1.66. The van der Waals surface area contributed by atoms with E-state index < -0.39 is 29.3 Å². The van der Waals surface area contributed by atoms with Crippen molar-refractivity contribution in [3.05, 3.63) is 52.7 Å². The summed E-state index contributed by atoms with van der Waals surface area (Å²) >= 11 is 3.64. The number of β-lactam (4-membered cyclic amide) rings is 1. The van der Waals surface area contributed by atoms with Crippen LogP contribution in [-0.4, -0.2) is 56.0 Å². The number of anilines is 1. The minimum absolute atomic E-state index is 0.114. The number of nitrogens with one attached hydrogen (secondary N) is 2. The molecule has 0 unspecified atom stereocenters. The maximum atomic E-state index is 12.7. The molecule has 2 aliphatic rings. The number of nitrogens with zero attached hydrogens (tertiary/aromatic N) is 2. The molecule has 0 spiro atoms. The quantitative estimate of drug-likeness (QED) is 0.426. The number of carbonyl (C=O) groups excluding carboxylic acids is 3. The molecule has 5 N–H and O–H groups in total. The van der Waals surface area contributed by atoms with Crippen molar-refractivity contribution in [3.8, 4) is 0 Å². The maximum absolute atomic E-state index is 12.7. The lowest BCUT2D eigenvalue weighted by molar-refractivity contribution is -0.150. The van der Waals surface area contributed by atoms with E-state index in [1.807, 2.05) is 30.3 Å². The van der Waals surface area contributed by atoms with Gasteiger partial charge in [-0.15, -0.1) is 11.8 Å². The third-order valence-corrected chi connectivity index (χ3v) is 8.14. The molecule has 2 atom stereocenters. The van der Waals surface area contributed by atoms with E-state index in [4.69, 9.17) is 5.73 Å². The fourth-order valence-electron chi connectivity index (χ4n) is 3.26. The van der Waals surface area contributed by atoms with E-state index >= 15 is 0 Å². The summed E-state index contributed by atoms with van der Waals surface area (Å²) < 4.78 is 0.502. The summed E-state index contributed by atoms with van der Waals surface area (Å²) in [5.74, 6) is -1.65. The highest BCUT2D eigenvalue weighted by atomic mass is 32.2. The summed E-state index contributed by atoms with van der Waals surface area (Å²) in [5.41, 5.74) is 5.79. The number of primary amides is 1. The van der Waals surface area contributed by atoms with Crippen LogP contribution in [0.2, 0.25) is 0 Å². The molecular formula is C19H17N5O5S3. The lowest BCUT2D eigenvalue weighted by atomic mass is 10.0. The Bertz CT molecular complexity index is 1120. The Kier molecular flexibility index (Phi) is 6.39. The Balaban J connectivity index is 1.46. The average molecular weight is 492 g/mol. The van der Waals surface area contributed by atoms with Crippen molar-refractivity contribution in [1.82, 2.24) is 15.2 Å². The zero-order valence-corrected chi connectivity index (χ0v) is 18.8. The molecule has 1 fully saturated rings. The number of nitrogens with two attached hydrogens (primary N) is 1. The number of carboxylic acids is 1. The molecule has 32 heavy (non-hydrogen) atoms. The van der Waals surface area contributed by atoms with Gasteiger partial charge in [0, 0.05) is 10.7 Å². The molecule has 1 aromatic heterocycles. The van der Waals surface area contributed by atoms with Gasteiger partial charge in [-0.2, -0.15) is 0 Å². The van der Waals surface area contributed by atoms with Gasteiger partial charge in [-0.25, -0.2) is 14.6 Å². The summed E-state index contributed by atoms with van der Waals surface area (Å²) in [6.07, 6.45) is 1.56. The second kappa shape index (κ2) is 9.22. The molecule has 13 heteroatoms. The van der Waals surface area contributed by atoms with E-state index in [1.54, 1.807) is 0 Å². The zero-order chi connectivity index (χ0) is 22.8. The molecule has 1 saturated heterocycles. The van der Waals surface area contributed by atoms with Gasteiger partial charge in [0.1, 0.15) is 22.1 Å². The zero-order valence-electron chi connectivity index (χ0n) is 16.3. The van der Waals surface area contributed by atoms with Gasteiger partial charge in [-0.3, -0.25) is 19.8 Å². The summed E-state index contributed by atoms with van der Waals surface area (Å²) in [7, 11) is 0. The summed E-state index contributed by atoms with van der Waals surface area (Å²) in [6, 6.07) is 7.65. The fraction of sp³-hybridized carbons (Fsp3) is 0.211. The predicted molar refractivity (Wildman–Crippen MR) is 121 cm³/mol. The van der Waals surface area contributed by atoms with E-state index in [1.165, 1.54) is 22.9 Å². The average Bonchev–Trinajstić information content (AvgIpc) is 3.18. The van der Waals surface area contributed by atoms with E-state index in [-0.39, 0.29) is 18.0 Å². The Morgan fingerprint density at radius 2 is 2.03 bits per heavy atom. The Morgan fingerprint density at radius 3 is 2.72 bits per heavy atom. The number of hydrogen-bond acceptors (Lipinski definition) is 8. The SMILES string of the molecule is NC(=O)Nc1cnc(SC2=C(C(=O)O)N3C(=O)[C@@H](NC(=O)Cc4ccccc4)[C@H]3SC2)s1. The Morgan fingerprint density at radius 1 is 1.28 bits per heavy atom. The summed E-state index contributed by atoms with van der Waals surface area (Å²) in [5, 5.41) is 14.8. The molecular weight excluding hydrogens is 474 g/mol. The van der Waals surface area contributed by atoms with E-state index in [2.05, 4.69) is 15.6 Å². The number of urea groups is 1. The Hall–Kier alpha value is -3.03. The van der Waals surface area contributed by atoms with Crippen LogP contribution in [-0.2, 0) is 20.8 Å². The van der Waals surface area contributed by atoms with Gasteiger partial charge in [-0.05, 0) is 5.56 Å². The molecule has 10 nitrogen and oxygen atoms in total. The fourth-order valence-corrected chi connectivity index (χ4v) is 6.79. The number of carbonyl (C=O) groups is 4. The van der Waals surface area contributed by atoms with Crippen molar-refractivity contribution < 1.29 is 24.3 Å². The van der Waals surface area contributed by atoms with Gasteiger partial charge < -0.3 is 16.2 Å². The van der Waals surface area contributed by atoms with Gasteiger partial charge >= 0.3 is 12.0 Å². The summed E-state index contributed by atoms with van der Waals surface area (Å²) in [4.78, 5) is 53.8. The van der Waals surface area contributed by atoms with Crippen molar-refractivity contribution in [2.45, 2.75) is 22.2 Å². The monoisotopic (exact) mass is 491 g/mol. The first kappa shape index (κ1) is 22.2. The van der Waals surface area contributed by atoms with Crippen molar-refractivity contribution in [3.63, 3.8) is 0 Å². The van der Waals surface area contributed by atoms with Crippen LogP contribution in [0.4, 0.5) is 9.80 Å². The number of amides is 4. The van der Waals surface area contributed by atoms with Gasteiger partial charge in [-0.1, -0.05) is 53.4 Å². The van der Waals surface area contributed by atoms with Crippen molar-refractivity contribution in [2.75, 3.05) is 11.1 Å². The third-order valence-electron chi connectivity index (χ3n) is 4.60. The second-order valence-electron chi connectivity index (χ2n) is 6.78. The highest BCUT2D eigenvalue weighted by molar-refractivity contribution is 8.07. The van der Waals surface area contributed by atoms with Crippen LogP contribution in [0.15, 0.2) is 51.5 Å². The smallest absolute Gasteiger partial charge is 0.353 e. The molecule has 2 aliphatic heterocycles. The van der Waals surface area contributed by atoms with Crippen LogP contribution in [0, 0.1) is 0 Å². The van der Waals surface area contributed by atoms with Crippen LogP contribution in [0.3, 0.4) is 0 Å². The molecule has 4 rings (SSSR count). The van der Waals surface area contributed by atoms with Crippen LogP contribution < -0.4 is 16.4 Å². The van der Waals surface area contributed by atoms with E-state index in [0.29, 0.717) is 20.0 Å². The standard InChI is InChI=1S/C19H17N5O5S3/c20-18(29)23-12-7-21-19(32-12)31-10-8-30-16-13(15(26)24(16)14(10)17(27)28)22-11(25)6-9-4-2-1-3-5-9/h1-5,7,13,16H,6,8H2,(H,22,25)(H,27,28)(H3,20,23,29)/t13-,16-/m1/s1. The number of benzene rings is 1. The number of aromatic nitrogens is 1. The topological polar surface area (TPSA) is 155 Å². The molecule has 1 aromatic carbocycles. The first-order valence-corrected chi connectivity index (χ1v) is 12.0. The number of hydrogen-bond donors (Lipinski definition) is 4. The largest absolute Gasteiger partial charge is 0.477 e. The number of fused-ring (bicyclic) bond motifs is 1.